The van der Waals surface area contributed by atoms with Crippen molar-refractivity contribution < 1.29 is 22.7 Å². The normalized spacial score (nSPS) is 10.8. The molecule has 0 saturated heterocycles. The number of carbonyl (C=O) groups excluding carboxylic acids is 1. The fourth-order valence-corrected chi connectivity index (χ4v) is 2.87. The van der Waals surface area contributed by atoms with Crippen LogP contribution in [0.2, 0.25) is 0 Å². The summed E-state index contributed by atoms with van der Waals surface area (Å²) in [6.45, 7) is 4.07. The van der Waals surface area contributed by atoms with E-state index in [0.29, 0.717) is 29.9 Å². The van der Waals surface area contributed by atoms with E-state index in [-0.39, 0.29) is 24.0 Å². The van der Waals surface area contributed by atoms with Crippen molar-refractivity contribution in [1.82, 2.24) is 15.1 Å². The second-order valence-electron chi connectivity index (χ2n) is 6.39. The minimum Gasteiger partial charge on any atom is -0.436 e. The molecule has 0 unspecified atom stereocenters. The Kier molecular flexibility index (Phi) is 6.21. The Bertz CT molecular complexity index is 1020. The lowest BCUT2D eigenvalue weighted by molar-refractivity contribution is -0.120. The molecule has 3 aromatic rings. The van der Waals surface area contributed by atoms with Gasteiger partial charge < -0.3 is 10.1 Å². The van der Waals surface area contributed by atoms with E-state index in [1.54, 1.807) is 6.92 Å². The molecule has 0 saturated carbocycles. The first kappa shape index (κ1) is 20.4. The Balaban J connectivity index is 2.02. The molecule has 0 atom stereocenters. The molecule has 0 radical (unpaired) electrons. The molecule has 1 heterocycles. The van der Waals surface area contributed by atoms with E-state index in [0.717, 1.165) is 12.1 Å². The first-order valence-electron chi connectivity index (χ1n) is 9.13. The number of amides is 1. The number of aryl methyl sites for hydroxylation is 1. The molecule has 0 aliphatic heterocycles. The number of hydrogen-bond acceptors (Lipinski definition) is 3. The third-order valence-corrected chi connectivity index (χ3v) is 4.29. The van der Waals surface area contributed by atoms with Gasteiger partial charge >= 0.3 is 0 Å². The standard InChI is InChI=1S/C21H20F3N3O2/c1-3-25-20(28)11-9-17-13(2)26-27(16-7-4-14(22)5-8-16)21(17)29-19-10-6-15(23)12-18(19)24/h4-8,10,12H,3,9,11H2,1-2H3,(H,25,28). The van der Waals surface area contributed by atoms with Gasteiger partial charge in [-0.05, 0) is 56.7 Å². The average molecular weight is 403 g/mol. The van der Waals surface area contributed by atoms with Crippen LogP contribution in [-0.4, -0.2) is 22.2 Å². The van der Waals surface area contributed by atoms with Gasteiger partial charge in [-0.2, -0.15) is 5.10 Å². The number of nitrogens with zero attached hydrogens (tertiary/aromatic N) is 2. The van der Waals surface area contributed by atoms with Crippen LogP contribution in [0.5, 0.6) is 11.6 Å². The quantitative estimate of drug-likeness (QED) is 0.634. The minimum absolute atomic E-state index is 0.139. The molecule has 0 aliphatic carbocycles. The molecule has 3 rings (SSSR count). The van der Waals surface area contributed by atoms with Crippen LogP contribution < -0.4 is 10.1 Å². The van der Waals surface area contributed by atoms with E-state index in [2.05, 4.69) is 10.4 Å². The van der Waals surface area contributed by atoms with Gasteiger partial charge in [0, 0.05) is 24.6 Å². The summed E-state index contributed by atoms with van der Waals surface area (Å²) < 4.78 is 47.9. The van der Waals surface area contributed by atoms with Gasteiger partial charge in [0.05, 0.1) is 11.4 Å². The molecule has 152 valence electrons. The summed E-state index contributed by atoms with van der Waals surface area (Å²) in [6, 6.07) is 8.52. The van der Waals surface area contributed by atoms with Crippen LogP contribution in [-0.2, 0) is 11.2 Å². The molecule has 0 spiro atoms. The van der Waals surface area contributed by atoms with Gasteiger partial charge in [0.2, 0.25) is 11.8 Å². The Morgan fingerprint density at radius 2 is 1.79 bits per heavy atom. The second kappa shape index (κ2) is 8.81. The van der Waals surface area contributed by atoms with E-state index in [1.165, 1.54) is 35.0 Å². The van der Waals surface area contributed by atoms with Crippen LogP contribution in [0.1, 0.15) is 24.6 Å². The van der Waals surface area contributed by atoms with Crippen molar-refractivity contribution in [2.45, 2.75) is 26.7 Å². The van der Waals surface area contributed by atoms with Crippen LogP contribution in [0.25, 0.3) is 5.69 Å². The summed E-state index contributed by atoms with van der Waals surface area (Å²) in [4.78, 5) is 11.9. The summed E-state index contributed by atoms with van der Waals surface area (Å²) in [5.74, 6) is -2.15. The highest BCUT2D eigenvalue weighted by molar-refractivity contribution is 5.76. The lowest BCUT2D eigenvalue weighted by Gasteiger charge is -2.12. The van der Waals surface area contributed by atoms with Crippen molar-refractivity contribution in [3.8, 4) is 17.3 Å². The number of hydrogen-bond donors (Lipinski definition) is 1. The van der Waals surface area contributed by atoms with Gasteiger partial charge in [-0.25, -0.2) is 17.9 Å². The molecule has 1 N–H and O–H groups in total. The molecule has 5 nitrogen and oxygen atoms in total. The van der Waals surface area contributed by atoms with E-state index in [9.17, 15) is 18.0 Å². The number of ether oxygens (including phenoxy) is 1. The Hall–Kier alpha value is -3.29. The lowest BCUT2D eigenvalue weighted by Crippen LogP contribution is -2.22. The molecule has 8 heteroatoms. The Morgan fingerprint density at radius 3 is 2.45 bits per heavy atom. The van der Waals surface area contributed by atoms with Gasteiger partial charge in [-0.3, -0.25) is 4.79 Å². The van der Waals surface area contributed by atoms with Crippen LogP contribution in [0.3, 0.4) is 0 Å². The maximum atomic E-state index is 14.2. The van der Waals surface area contributed by atoms with Crippen molar-refractivity contribution in [3.05, 3.63) is 71.2 Å². The van der Waals surface area contributed by atoms with Crippen LogP contribution in [0, 0.1) is 24.4 Å². The van der Waals surface area contributed by atoms with Crippen LogP contribution >= 0.6 is 0 Å². The predicted molar refractivity (Wildman–Crippen MR) is 102 cm³/mol. The van der Waals surface area contributed by atoms with E-state index >= 15 is 0 Å². The molecule has 29 heavy (non-hydrogen) atoms. The van der Waals surface area contributed by atoms with E-state index in [1.807, 2.05) is 6.92 Å². The topological polar surface area (TPSA) is 56.2 Å². The molecule has 2 aromatic carbocycles. The predicted octanol–water partition coefficient (Wildman–Crippen LogP) is 4.46. The molecule has 1 aromatic heterocycles. The summed E-state index contributed by atoms with van der Waals surface area (Å²) in [5, 5.41) is 7.13. The fourth-order valence-electron chi connectivity index (χ4n) is 2.87. The number of aromatic nitrogens is 2. The maximum absolute atomic E-state index is 14.2. The number of nitrogens with one attached hydrogen (secondary N) is 1. The third-order valence-electron chi connectivity index (χ3n) is 4.29. The van der Waals surface area contributed by atoms with Crippen molar-refractivity contribution in [3.63, 3.8) is 0 Å². The summed E-state index contributed by atoms with van der Waals surface area (Å²) >= 11 is 0. The van der Waals surface area contributed by atoms with Gasteiger partial charge in [0.1, 0.15) is 11.6 Å². The van der Waals surface area contributed by atoms with Gasteiger partial charge in [0.25, 0.3) is 0 Å². The molecule has 0 fully saturated rings. The zero-order valence-electron chi connectivity index (χ0n) is 16.0. The Morgan fingerprint density at radius 1 is 1.10 bits per heavy atom. The Labute approximate surface area is 166 Å². The van der Waals surface area contributed by atoms with Gasteiger partial charge in [0.15, 0.2) is 11.6 Å². The van der Waals surface area contributed by atoms with E-state index in [4.69, 9.17) is 4.74 Å². The van der Waals surface area contributed by atoms with Crippen molar-refractivity contribution >= 4 is 5.91 Å². The maximum Gasteiger partial charge on any atom is 0.226 e. The van der Waals surface area contributed by atoms with Gasteiger partial charge in [-0.1, -0.05) is 0 Å². The fraction of sp³-hybridized carbons (Fsp3) is 0.238. The number of benzene rings is 2. The highest BCUT2D eigenvalue weighted by Crippen LogP contribution is 2.33. The number of rotatable bonds is 7. The van der Waals surface area contributed by atoms with Crippen molar-refractivity contribution in [2.24, 2.45) is 0 Å². The summed E-state index contributed by atoms with van der Waals surface area (Å²) in [6.07, 6.45) is 0.489. The molecule has 0 bridgehead atoms. The molecular formula is C21H20F3N3O2. The van der Waals surface area contributed by atoms with Crippen molar-refractivity contribution in [1.29, 1.82) is 0 Å². The van der Waals surface area contributed by atoms with Crippen molar-refractivity contribution in [2.75, 3.05) is 6.54 Å². The molecule has 1 amide bonds. The SMILES string of the molecule is CCNC(=O)CCc1c(C)nn(-c2ccc(F)cc2)c1Oc1ccc(F)cc1F. The first-order chi connectivity index (χ1) is 13.9. The summed E-state index contributed by atoms with van der Waals surface area (Å²) in [5.41, 5.74) is 1.68. The minimum atomic E-state index is -0.871. The highest BCUT2D eigenvalue weighted by atomic mass is 19.1. The highest BCUT2D eigenvalue weighted by Gasteiger charge is 2.21. The van der Waals surface area contributed by atoms with Crippen LogP contribution in [0.15, 0.2) is 42.5 Å². The molecular weight excluding hydrogens is 383 g/mol. The third kappa shape index (κ3) is 4.77. The molecule has 0 aliphatic rings. The smallest absolute Gasteiger partial charge is 0.226 e. The second-order valence-corrected chi connectivity index (χ2v) is 6.39. The summed E-state index contributed by atoms with van der Waals surface area (Å²) in [7, 11) is 0. The van der Waals surface area contributed by atoms with Crippen LogP contribution in [0.4, 0.5) is 13.2 Å². The first-order valence-corrected chi connectivity index (χ1v) is 9.13. The zero-order valence-corrected chi connectivity index (χ0v) is 16.0. The number of carbonyl (C=O) groups is 1. The monoisotopic (exact) mass is 403 g/mol. The zero-order chi connectivity index (χ0) is 21.0. The van der Waals surface area contributed by atoms with Gasteiger partial charge in [-0.15, -0.1) is 0 Å². The van der Waals surface area contributed by atoms with E-state index < -0.39 is 17.5 Å². The number of halogens is 3. The lowest BCUT2D eigenvalue weighted by atomic mass is 10.1. The average Bonchev–Trinajstić information content (AvgIpc) is 2.98. The largest absolute Gasteiger partial charge is 0.436 e.